The van der Waals surface area contributed by atoms with Crippen LogP contribution in [0.25, 0.3) is 0 Å². The van der Waals surface area contributed by atoms with Crippen LogP contribution in [0.15, 0.2) is 47.1 Å². The van der Waals surface area contributed by atoms with Gasteiger partial charge >= 0.3 is 12.1 Å². The first-order valence-electron chi connectivity index (χ1n) is 12.5. The highest BCUT2D eigenvalue weighted by Gasteiger charge is 2.38. The number of anilines is 1. The van der Waals surface area contributed by atoms with Crippen molar-refractivity contribution < 1.29 is 32.7 Å². The monoisotopic (exact) mass is 650 g/mol. The summed E-state index contributed by atoms with van der Waals surface area (Å²) in [5, 5.41) is 30.7. The number of nitro benzene ring substituents is 1. The van der Waals surface area contributed by atoms with E-state index in [4.69, 9.17) is 19.9 Å². The third-order valence-corrected chi connectivity index (χ3v) is 6.73. The molecular weight excluding hydrogens is 625 g/mol. The van der Waals surface area contributed by atoms with Gasteiger partial charge in [0.25, 0.3) is 5.69 Å². The number of carboxylic acid groups (broad SMARTS) is 1. The van der Waals surface area contributed by atoms with E-state index >= 15 is 0 Å². The van der Waals surface area contributed by atoms with Crippen LogP contribution in [0, 0.1) is 35.3 Å². The molecule has 4 rings (SSSR count). The average Bonchev–Trinajstić information content (AvgIpc) is 2.93. The van der Waals surface area contributed by atoms with E-state index in [1.54, 1.807) is 30.5 Å². The van der Waals surface area contributed by atoms with Crippen LogP contribution in [0.2, 0.25) is 0 Å². The lowest BCUT2D eigenvalue weighted by Gasteiger charge is -2.32. The van der Waals surface area contributed by atoms with Crippen LogP contribution in [-0.2, 0) is 11.3 Å². The number of nitrogens with zero attached hydrogens (tertiary/aromatic N) is 5. The van der Waals surface area contributed by atoms with Gasteiger partial charge in [-0.1, -0.05) is 12.1 Å². The molecule has 15 heteroatoms. The maximum atomic E-state index is 11.0. The summed E-state index contributed by atoms with van der Waals surface area (Å²) in [4.78, 5) is 30.8. The number of non-ortho nitro benzene ring substituents is 1. The van der Waals surface area contributed by atoms with Crippen molar-refractivity contribution >= 4 is 33.5 Å². The number of aromatic nitrogens is 2. The number of hydrogen-bond donors (Lipinski definition) is 2. The van der Waals surface area contributed by atoms with Crippen LogP contribution < -0.4 is 10.1 Å². The van der Waals surface area contributed by atoms with Gasteiger partial charge in [0.1, 0.15) is 5.75 Å². The maximum Gasteiger partial charge on any atom is 0.490 e. The number of carbonyl (C=O) groups is 1. The topological polar surface area (TPSA) is 155 Å². The molecule has 0 unspecified atom stereocenters. The SMILES string of the molecule is Cc1cc(C#N)cc(C)c1Oc1nc(NC2CCN(Cc3cccc([N+](=O)[O-])c3)CC2)ncc1Br.O=C(O)C(F)(F)F. The molecule has 0 atom stereocenters. The second kappa shape index (κ2) is 14.1. The number of nitro groups is 1. The van der Waals surface area contributed by atoms with Gasteiger partial charge in [-0.3, -0.25) is 15.0 Å². The first kappa shape index (κ1) is 32.2. The highest BCUT2D eigenvalue weighted by molar-refractivity contribution is 9.10. The first-order valence-corrected chi connectivity index (χ1v) is 13.3. The molecule has 3 aromatic rings. The zero-order chi connectivity index (χ0) is 31.0. The minimum Gasteiger partial charge on any atom is -0.475 e. The molecule has 2 aromatic carbocycles. The zero-order valence-electron chi connectivity index (χ0n) is 22.5. The van der Waals surface area contributed by atoms with Gasteiger partial charge in [0.05, 0.1) is 27.2 Å². The number of alkyl halides is 3. The Bertz CT molecular complexity index is 1470. The number of likely N-dealkylation sites (tertiary alicyclic amines) is 1. The van der Waals surface area contributed by atoms with Gasteiger partial charge in [-0.05, 0) is 71.4 Å². The van der Waals surface area contributed by atoms with Crippen molar-refractivity contribution in [3.63, 3.8) is 0 Å². The number of nitrogens with one attached hydrogen (secondary N) is 1. The van der Waals surface area contributed by atoms with Crippen molar-refractivity contribution in [1.82, 2.24) is 14.9 Å². The van der Waals surface area contributed by atoms with Gasteiger partial charge < -0.3 is 15.2 Å². The zero-order valence-corrected chi connectivity index (χ0v) is 24.1. The summed E-state index contributed by atoms with van der Waals surface area (Å²) >= 11 is 3.46. The van der Waals surface area contributed by atoms with Gasteiger partial charge in [-0.25, -0.2) is 9.78 Å². The van der Waals surface area contributed by atoms with Crippen molar-refractivity contribution in [2.45, 2.75) is 45.5 Å². The lowest BCUT2D eigenvalue weighted by atomic mass is 10.0. The minimum absolute atomic E-state index is 0.121. The van der Waals surface area contributed by atoms with Gasteiger partial charge in [0.15, 0.2) is 0 Å². The molecule has 42 heavy (non-hydrogen) atoms. The maximum absolute atomic E-state index is 11.0. The molecule has 0 radical (unpaired) electrons. The molecule has 0 spiro atoms. The van der Waals surface area contributed by atoms with Crippen molar-refractivity contribution in [3.8, 4) is 17.7 Å². The number of ether oxygens (including phenoxy) is 1. The largest absolute Gasteiger partial charge is 0.490 e. The second-order valence-corrected chi connectivity index (χ2v) is 10.3. The highest BCUT2D eigenvalue weighted by atomic mass is 79.9. The number of aryl methyl sites for hydroxylation is 2. The third-order valence-electron chi connectivity index (χ3n) is 6.19. The fourth-order valence-corrected chi connectivity index (χ4v) is 4.48. The molecule has 11 nitrogen and oxygen atoms in total. The van der Waals surface area contributed by atoms with E-state index in [-0.39, 0.29) is 16.7 Å². The molecular formula is C27H26BrF3N6O5. The molecule has 1 aliphatic heterocycles. The van der Waals surface area contributed by atoms with E-state index in [1.807, 2.05) is 19.9 Å². The Morgan fingerprint density at radius 1 is 1.26 bits per heavy atom. The Balaban J connectivity index is 0.000000616. The van der Waals surface area contributed by atoms with E-state index in [2.05, 4.69) is 42.2 Å². The Hall–Kier alpha value is -4.29. The summed E-state index contributed by atoms with van der Waals surface area (Å²) in [5.74, 6) is -1.19. The Labute approximate surface area is 247 Å². The molecule has 222 valence electrons. The number of benzene rings is 2. The van der Waals surface area contributed by atoms with E-state index in [0.717, 1.165) is 42.6 Å². The fraction of sp³-hybridized carbons (Fsp3) is 0.333. The van der Waals surface area contributed by atoms with Crippen molar-refractivity contribution in [3.05, 3.63) is 79.4 Å². The summed E-state index contributed by atoms with van der Waals surface area (Å²) in [5.41, 5.74) is 3.37. The second-order valence-electron chi connectivity index (χ2n) is 9.42. The number of aliphatic carboxylic acids is 1. The van der Waals surface area contributed by atoms with Crippen LogP contribution in [0.3, 0.4) is 0 Å². The van der Waals surface area contributed by atoms with Crippen LogP contribution >= 0.6 is 15.9 Å². The van der Waals surface area contributed by atoms with E-state index in [9.17, 15) is 23.3 Å². The summed E-state index contributed by atoms with van der Waals surface area (Å²) < 4.78 is 38.5. The summed E-state index contributed by atoms with van der Waals surface area (Å²) in [6.07, 6.45) is -1.62. The van der Waals surface area contributed by atoms with Gasteiger partial charge in [-0.15, -0.1) is 0 Å². The number of halogens is 4. The normalized spacial score (nSPS) is 13.8. The molecule has 1 aromatic heterocycles. The van der Waals surface area contributed by atoms with E-state index in [1.165, 1.54) is 6.07 Å². The molecule has 2 heterocycles. The van der Waals surface area contributed by atoms with Crippen LogP contribution in [0.4, 0.5) is 24.8 Å². The Kier molecular flexibility index (Phi) is 10.8. The van der Waals surface area contributed by atoms with Crippen LogP contribution in [-0.4, -0.2) is 56.2 Å². The number of hydrogen-bond acceptors (Lipinski definition) is 9. The molecule has 2 N–H and O–H groups in total. The molecule has 1 fully saturated rings. The Morgan fingerprint density at radius 3 is 2.43 bits per heavy atom. The van der Waals surface area contributed by atoms with Crippen LogP contribution in [0.1, 0.15) is 35.1 Å². The molecule has 1 aliphatic rings. The number of nitriles is 1. The van der Waals surface area contributed by atoms with Gasteiger partial charge in [0, 0.05) is 37.8 Å². The van der Waals surface area contributed by atoms with E-state index in [0.29, 0.717) is 34.2 Å². The smallest absolute Gasteiger partial charge is 0.475 e. The fourth-order valence-electron chi connectivity index (χ4n) is 4.21. The predicted molar refractivity (Wildman–Crippen MR) is 149 cm³/mol. The van der Waals surface area contributed by atoms with Gasteiger partial charge in [-0.2, -0.15) is 23.4 Å². The average molecular weight is 651 g/mol. The van der Waals surface area contributed by atoms with Crippen LogP contribution in [0.5, 0.6) is 11.6 Å². The number of carboxylic acids is 1. The number of piperidine rings is 1. The standard InChI is InChI=1S/C25H25BrN6O3.C2HF3O2/c1-16-10-19(13-27)11-17(2)23(16)35-24-22(26)14-28-25(30-24)29-20-6-8-31(9-7-20)15-18-4-3-5-21(12-18)32(33)34;3-2(4,5)1(6)7/h3-5,10-12,14,20H,6-9,15H2,1-2H3,(H,28,29,30);(H,6,7). The first-order chi connectivity index (χ1) is 19.8. The third kappa shape index (κ3) is 9.11. The summed E-state index contributed by atoms with van der Waals surface area (Å²) in [6.45, 7) is 6.22. The summed E-state index contributed by atoms with van der Waals surface area (Å²) in [6, 6.07) is 12.8. The predicted octanol–water partition coefficient (Wildman–Crippen LogP) is 6.14. The molecule has 0 saturated carbocycles. The quantitative estimate of drug-likeness (QED) is 0.225. The molecule has 0 amide bonds. The minimum atomic E-state index is -5.08. The molecule has 1 saturated heterocycles. The summed E-state index contributed by atoms with van der Waals surface area (Å²) in [7, 11) is 0. The van der Waals surface area contributed by atoms with Crippen molar-refractivity contribution in [1.29, 1.82) is 5.26 Å². The molecule has 0 bridgehead atoms. The number of rotatable bonds is 7. The van der Waals surface area contributed by atoms with E-state index < -0.39 is 12.1 Å². The van der Waals surface area contributed by atoms with Crippen molar-refractivity contribution in [2.24, 2.45) is 0 Å². The molecule has 0 aliphatic carbocycles. The van der Waals surface area contributed by atoms with Crippen molar-refractivity contribution in [2.75, 3.05) is 18.4 Å². The van der Waals surface area contributed by atoms with Gasteiger partial charge in [0.2, 0.25) is 11.8 Å². The lowest BCUT2D eigenvalue weighted by Crippen LogP contribution is -2.39. The lowest BCUT2D eigenvalue weighted by molar-refractivity contribution is -0.384. The Morgan fingerprint density at radius 2 is 1.88 bits per heavy atom. The highest BCUT2D eigenvalue weighted by Crippen LogP contribution is 2.33.